The average Bonchev–Trinajstić information content (AvgIpc) is 2.27. The molecule has 0 bridgehead atoms. The number of nitrogens with two attached hydrogens (primary N) is 1. The zero-order chi connectivity index (χ0) is 12.3. The van der Waals surface area contributed by atoms with Crippen molar-refractivity contribution in [2.24, 2.45) is 5.73 Å². The van der Waals surface area contributed by atoms with Gasteiger partial charge < -0.3 is 15.9 Å². The second kappa shape index (κ2) is 5.07. The lowest BCUT2D eigenvalue weighted by molar-refractivity contribution is -0.141. The molecule has 0 spiro atoms. The minimum absolute atomic E-state index is 0.286. The molecule has 6 heteroatoms. The van der Waals surface area contributed by atoms with Gasteiger partial charge in [0.15, 0.2) is 0 Å². The molecule has 0 aliphatic carbocycles. The summed E-state index contributed by atoms with van der Waals surface area (Å²) in [6, 6.07) is 4.98. The number of nitriles is 1. The number of carbonyl (C=O) groups is 1. The van der Waals surface area contributed by atoms with E-state index in [1.54, 1.807) is 12.1 Å². The fourth-order valence-corrected chi connectivity index (χ4v) is 1.65. The van der Waals surface area contributed by atoms with Crippen LogP contribution in [0.25, 0.3) is 0 Å². The minimum atomic E-state index is -1.43. The van der Waals surface area contributed by atoms with Gasteiger partial charge in [-0.05, 0) is 23.8 Å². The van der Waals surface area contributed by atoms with E-state index in [2.05, 4.69) is 15.9 Å². The second-order valence-electron chi connectivity index (χ2n) is 3.16. The van der Waals surface area contributed by atoms with Gasteiger partial charge >= 0.3 is 5.97 Å². The predicted molar refractivity (Wildman–Crippen MR) is 59.4 cm³/mol. The molecule has 5 nitrogen and oxygen atoms in total. The van der Waals surface area contributed by atoms with Gasteiger partial charge in [0.25, 0.3) is 0 Å². The predicted octanol–water partition coefficient (Wildman–Crippen LogP) is 0.766. The van der Waals surface area contributed by atoms with Crippen LogP contribution in [0.3, 0.4) is 0 Å². The number of carboxylic acid groups (broad SMARTS) is 1. The van der Waals surface area contributed by atoms with Crippen LogP contribution < -0.4 is 5.73 Å². The van der Waals surface area contributed by atoms with E-state index < -0.39 is 18.1 Å². The lowest BCUT2D eigenvalue weighted by Gasteiger charge is -2.16. The van der Waals surface area contributed by atoms with Crippen LogP contribution in [0.1, 0.15) is 17.2 Å². The van der Waals surface area contributed by atoms with Crippen molar-refractivity contribution in [3.8, 4) is 6.07 Å². The molecule has 0 aromatic heterocycles. The average molecular weight is 285 g/mol. The van der Waals surface area contributed by atoms with Crippen LogP contribution in [0.15, 0.2) is 22.7 Å². The Morgan fingerprint density at radius 1 is 1.56 bits per heavy atom. The van der Waals surface area contributed by atoms with Crippen LogP contribution in [0.4, 0.5) is 0 Å². The molecule has 0 aliphatic rings. The summed E-state index contributed by atoms with van der Waals surface area (Å²) in [4.78, 5) is 10.6. The van der Waals surface area contributed by atoms with Gasteiger partial charge in [0, 0.05) is 4.47 Å². The molecule has 1 rings (SSSR count). The van der Waals surface area contributed by atoms with Gasteiger partial charge in [-0.15, -0.1) is 0 Å². The number of carboxylic acids is 1. The molecule has 0 heterocycles. The Hall–Kier alpha value is -1.42. The van der Waals surface area contributed by atoms with Crippen LogP contribution in [0, 0.1) is 11.3 Å². The molecule has 2 atom stereocenters. The second-order valence-corrected chi connectivity index (χ2v) is 4.01. The van der Waals surface area contributed by atoms with Gasteiger partial charge in [-0.3, -0.25) is 4.79 Å². The van der Waals surface area contributed by atoms with Gasteiger partial charge in [-0.2, -0.15) is 5.26 Å². The van der Waals surface area contributed by atoms with Crippen molar-refractivity contribution >= 4 is 21.9 Å². The largest absolute Gasteiger partial charge is 0.480 e. The summed E-state index contributed by atoms with van der Waals surface area (Å²) in [5.41, 5.74) is 5.91. The summed E-state index contributed by atoms with van der Waals surface area (Å²) in [6.45, 7) is 0. The third-order valence-corrected chi connectivity index (χ3v) is 2.79. The Morgan fingerprint density at radius 3 is 2.69 bits per heavy atom. The quantitative estimate of drug-likeness (QED) is 0.760. The van der Waals surface area contributed by atoms with Crippen molar-refractivity contribution in [3.05, 3.63) is 33.8 Å². The summed E-state index contributed by atoms with van der Waals surface area (Å²) >= 11 is 3.16. The topological polar surface area (TPSA) is 107 Å². The number of benzene rings is 1. The third kappa shape index (κ3) is 2.58. The number of rotatable bonds is 3. The number of aliphatic hydroxyl groups excluding tert-OH is 1. The van der Waals surface area contributed by atoms with Crippen molar-refractivity contribution < 1.29 is 15.0 Å². The smallest absolute Gasteiger partial charge is 0.323 e. The van der Waals surface area contributed by atoms with Crippen molar-refractivity contribution in [2.45, 2.75) is 12.1 Å². The van der Waals surface area contributed by atoms with E-state index in [1.165, 1.54) is 6.07 Å². The first-order valence-electron chi connectivity index (χ1n) is 4.33. The minimum Gasteiger partial charge on any atom is -0.480 e. The first-order valence-corrected chi connectivity index (χ1v) is 5.12. The number of hydrogen-bond acceptors (Lipinski definition) is 4. The van der Waals surface area contributed by atoms with Gasteiger partial charge in [0.2, 0.25) is 0 Å². The lowest BCUT2D eigenvalue weighted by Crippen LogP contribution is -2.36. The molecular formula is C10H9BrN2O3. The molecule has 1 aromatic rings. The maximum Gasteiger partial charge on any atom is 0.323 e. The Kier molecular flexibility index (Phi) is 4.01. The zero-order valence-corrected chi connectivity index (χ0v) is 9.68. The highest BCUT2D eigenvalue weighted by atomic mass is 79.9. The molecule has 2 unspecified atom stereocenters. The molecule has 0 aliphatic heterocycles. The number of hydrogen-bond donors (Lipinski definition) is 3. The van der Waals surface area contributed by atoms with E-state index in [1.807, 2.05) is 6.07 Å². The fourth-order valence-electron chi connectivity index (χ4n) is 1.17. The Labute approximate surface area is 100 Å². The standard InChI is InChI=1S/C10H9BrN2O3/c11-7-2-1-5(4-12)3-6(7)9(14)8(13)10(15)16/h1-3,8-9,14H,13H2,(H,15,16). The van der Waals surface area contributed by atoms with Crippen molar-refractivity contribution in [3.63, 3.8) is 0 Å². The number of halogens is 1. The van der Waals surface area contributed by atoms with E-state index in [0.717, 1.165) is 0 Å². The van der Waals surface area contributed by atoms with Crippen LogP contribution in [-0.2, 0) is 4.79 Å². The SMILES string of the molecule is N#Cc1ccc(Br)c(C(O)C(N)C(=O)O)c1. The van der Waals surface area contributed by atoms with E-state index in [0.29, 0.717) is 10.0 Å². The molecule has 0 saturated heterocycles. The van der Waals surface area contributed by atoms with Crippen LogP contribution >= 0.6 is 15.9 Å². The molecule has 0 radical (unpaired) electrons. The van der Waals surface area contributed by atoms with Crippen LogP contribution in [-0.4, -0.2) is 22.2 Å². The highest BCUT2D eigenvalue weighted by molar-refractivity contribution is 9.10. The maximum absolute atomic E-state index is 10.6. The molecule has 1 aromatic carbocycles. The maximum atomic E-state index is 10.6. The number of aliphatic carboxylic acids is 1. The zero-order valence-electron chi connectivity index (χ0n) is 8.09. The molecule has 0 fully saturated rings. The molecule has 0 saturated carbocycles. The molecule has 16 heavy (non-hydrogen) atoms. The van der Waals surface area contributed by atoms with E-state index in [9.17, 15) is 9.90 Å². The first kappa shape index (κ1) is 12.6. The first-order chi connectivity index (χ1) is 7.47. The van der Waals surface area contributed by atoms with Gasteiger partial charge in [0.05, 0.1) is 11.6 Å². The van der Waals surface area contributed by atoms with Crippen molar-refractivity contribution in [2.75, 3.05) is 0 Å². The fraction of sp³-hybridized carbons (Fsp3) is 0.200. The molecule has 0 amide bonds. The molecule has 84 valence electrons. The summed E-state index contributed by atoms with van der Waals surface area (Å²) in [7, 11) is 0. The van der Waals surface area contributed by atoms with Crippen molar-refractivity contribution in [1.82, 2.24) is 0 Å². The summed E-state index contributed by atoms with van der Waals surface area (Å²) in [5.74, 6) is -1.30. The van der Waals surface area contributed by atoms with Gasteiger partial charge in [-0.1, -0.05) is 15.9 Å². The normalized spacial score (nSPS) is 13.9. The Bertz CT molecular complexity index is 456. The summed E-state index contributed by atoms with van der Waals surface area (Å²) < 4.78 is 0.510. The summed E-state index contributed by atoms with van der Waals surface area (Å²) in [5, 5.41) is 27.1. The number of nitrogens with zero attached hydrogens (tertiary/aromatic N) is 1. The van der Waals surface area contributed by atoms with E-state index in [-0.39, 0.29) is 5.56 Å². The Balaban J connectivity index is 3.12. The highest BCUT2D eigenvalue weighted by Gasteiger charge is 2.25. The summed E-state index contributed by atoms with van der Waals surface area (Å²) in [6.07, 6.45) is -1.36. The van der Waals surface area contributed by atoms with E-state index in [4.69, 9.17) is 16.1 Å². The third-order valence-electron chi connectivity index (χ3n) is 2.07. The molecular weight excluding hydrogens is 276 g/mol. The number of aliphatic hydroxyl groups is 1. The monoisotopic (exact) mass is 284 g/mol. The van der Waals surface area contributed by atoms with E-state index >= 15 is 0 Å². The van der Waals surface area contributed by atoms with Crippen LogP contribution in [0.2, 0.25) is 0 Å². The van der Waals surface area contributed by atoms with Gasteiger partial charge in [0.1, 0.15) is 12.1 Å². The van der Waals surface area contributed by atoms with Crippen LogP contribution in [0.5, 0.6) is 0 Å². The van der Waals surface area contributed by atoms with Crippen molar-refractivity contribution in [1.29, 1.82) is 5.26 Å². The lowest BCUT2D eigenvalue weighted by atomic mass is 10.0. The highest BCUT2D eigenvalue weighted by Crippen LogP contribution is 2.26. The Morgan fingerprint density at radius 2 is 2.19 bits per heavy atom. The van der Waals surface area contributed by atoms with Gasteiger partial charge in [-0.25, -0.2) is 0 Å². The molecule has 4 N–H and O–H groups in total.